The summed E-state index contributed by atoms with van der Waals surface area (Å²) in [6.07, 6.45) is 10.7. The van der Waals surface area contributed by atoms with Gasteiger partial charge >= 0.3 is 0 Å². The minimum atomic E-state index is -0.168. The SMILES string of the molecule is CCCNC(=O)c1nc(C(=O)NC2CCCCCC2)c2n1CCCC2. The van der Waals surface area contributed by atoms with Crippen molar-refractivity contribution in [1.29, 1.82) is 0 Å². The average Bonchev–Trinajstić information content (AvgIpc) is 2.83. The third-order valence-electron chi connectivity index (χ3n) is 5.26. The van der Waals surface area contributed by atoms with E-state index in [1.54, 1.807) is 0 Å². The highest BCUT2D eigenvalue weighted by atomic mass is 16.2. The van der Waals surface area contributed by atoms with Crippen LogP contribution in [0.4, 0.5) is 0 Å². The second kappa shape index (κ2) is 8.50. The maximum absolute atomic E-state index is 12.8. The van der Waals surface area contributed by atoms with E-state index < -0.39 is 0 Å². The molecule has 1 aliphatic carbocycles. The van der Waals surface area contributed by atoms with Crippen LogP contribution in [0.1, 0.15) is 91.5 Å². The van der Waals surface area contributed by atoms with E-state index in [4.69, 9.17) is 0 Å². The Morgan fingerprint density at radius 2 is 1.84 bits per heavy atom. The summed E-state index contributed by atoms with van der Waals surface area (Å²) in [7, 11) is 0. The Balaban J connectivity index is 1.79. The molecular formula is C19H30N4O2. The second-order valence-electron chi connectivity index (χ2n) is 7.26. The first-order valence-electron chi connectivity index (χ1n) is 9.89. The number of carbonyl (C=O) groups is 2. The summed E-state index contributed by atoms with van der Waals surface area (Å²) in [6.45, 7) is 3.42. The highest BCUT2D eigenvalue weighted by molar-refractivity contribution is 5.97. The Morgan fingerprint density at radius 1 is 1.08 bits per heavy atom. The fourth-order valence-corrected chi connectivity index (χ4v) is 3.89. The molecule has 0 bridgehead atoms. The van der Waals surface area contributed by atoms with Gasteiger partial charge in [0.25, 0.3) is 11.8 Å². The highest BCUT2D eigenvalue weighted by Crippen LogP contribution is 2.22. The molecular weight excluding hydrogens is 316 g/mol. The van der Waals surface area contributed by atoms with Crippen LogP contribution >= 0.6 is 0 Å². The maximum atomic E-state index is 12.8. The number of hydrogen-bond donors (Lipinski definition) is 2. The third-order valence-corrected chi connectivity index (χ3v) is 5.26. The van der Waals surface area contributed by atoms with Crippen molar-refractivity contribution in [2.24, 2.45) is 0 Å². The van der Waals surface area contributed by atoms with Gasteiger partial charge in [-0.3, -0.25) is 9.59 Å². The lowest BCUT2D eigenvalue weighted by molar-refractivity contribution is 0.0927. The van der Waals surface area contributed by atoms with Crippen molar-refractivity contribution in [2.75, 3.05) is 6.54 Å². The number of hydrogen-bond acceptors (Lipinski definition) is 3. The average molecular weight is 346 g/mol. The quantitative estimate of drug-likeness (QED) is 0.805. The fraction of sp³-hybridized carbons (Fsp3) is 0.737. The molecule has 1 aliphatic heterocycles. The molecule has 25 heavy (non-hydrogen) atoms. The molecule has 138 valence electrons. The summed E-state index contributed by atoms with van der Waals surface area (Å²) in [5, 5.41) is 6.06. The highest BCUT2D eigenvalue weighted by Gasteiger charge is 2.28. The van der Waals surface area contributed by atoms with Gasteiger partial charge in [-0.25, -0.2) is 4.98 Å². The van der Waals surface area contributed by atoms with Crippen molar-refractivity contribution >= 4 is 11.8 Å². The molecule has 6 nitrogen and oxygen atoms in total. The molecule has 0 radical (unpaired) electrons. The first-order valence-corrected chi connectivity index (χ1v) is 9.89. The van der Waals surface area contributed by atoms with Crippen molar-refractivity contribution in [3.8, 4) is 0 Å². The van der Waals surface area contributed by atoms with E-state index in [2.05, 4.69) is 15.6 Å². The first kappa shape index (κ1) is 18.0. The third kappa shape index (κ3) is 4.22. The van der Waals surface area contributed by atoms with Crippen LogP contribution in [-0.4, -0.2) is 34.0 Å². The fourth-order valence-electron chi connectivity index (χ4n) is 3.89. The van der Waals surface area contributed by atoms with Crippen molar-refractivity contribution < 1.29 is 9.59 Å². The molecule has 1 aromatic rings. The standard InChI is InChI=1S/C19H30N4O2/c1-2-12-20-19(25)17-22-16(15-11-7-8-13-23(15)17)18(24)21-14-9-5-3-4-6-10-14/h14H,2-13H2,1H3,(H,20,25)(H,21,24). The summed E-state index contributed by atoms with van der Waals surface area (Å²) < 4.78 is 1.95. The number of aromatic nitrogens is 2. The molecule has 2 heterocycles. The topological polar surface area (TPSA) is 76.0 Å². The van der Waals surface area contributed by atoms with Gasteiger partial charge in [0, 0.05) is 19.1 Å². The Labute approximate surface area is 149 Å². The number of rotatable bonds is 5. The molecule has 0 unspecified atom stereocenters. The van der Waals surface area contributed by atoms with Gasteiger partial charge in [0.1, 0.15) is 5.69 Å². The smallest absolute Gasteiger partial charge is 0.287 e. The van der Waals surface area contributed by atoms with Crippen molar-refractivity contribution in [3.05, 3.63) is 17.2 Å². The molecule has 2 N–H and O–H groups in total. The van der Waals surface area contributed by atoms with Gasteiger partial charge in [0.15, 0.2) is 5.82 Å². The lowest BCUT2D eigenvalue weighted by atomic mass is 10.1. The molecule has 2 amide bonds. The van der Waals surface area contributed by atoms with Gasteiger partial charge in [-0.15, -0.1) is 0 Å². The van der Waals surface area contributed by atoms with Crippen LogP contribution in [0.5, 0.6) is 0 Å². The predicted octanol–water partition coefficient (Wildman–Crippen LogP) is 2.81. The van der Waals surface area contributed by atoms with E-state index in [-0.39, 0.29) is 17.9 Å². The zero-order valence-electron chi connectivity index (χ0n) is 15.3. The molecule has 0 saturated heterocycles. The van der Waals surface area contributed by atoms with Crippen LogP contribution in [0, 0.1) is 0 Å². The Morgan fingerprint density at radius 3 is 2.56 bits per heavy atom. The van der Waals surface area contributed by atoms with Gasteiger partial charge in [0.2, 0.25) is 0 Å². The predicted molar refractivity (Wildman–Crippen MR) is 96.7 cm³/mol. The number of nitrogens with one attached hydrogen (secondary N) is 2. The van der Waals surface area contributed by atoms with Crippen LogP contribution in [0.3, 0.4) is 0 Å². The zero-order chi connectivity index (χ0) is 17.6. The molecule has 0 aromatic carbocycles. The molecule has 2 aliphatic rings. The van der Waals surface area contributed by atoms with Crippen molar-refractivity contribution in [3.63, 3.8) is 0 Å². The molecule has 1 saturated carbocycles. The first-order chi connectivity index (χ1) is 12.2. The van der Waals surface area contributed by atoms with Crippen LogP contribution in [0.15, 0.2) is 0 Å². The monoisotopic (exact) mass is 346 g/mol. The number of nitrogens with zero attached hydrogens (tertiary/aromatic N) is 2. The van der Waals surface area contributed by atoms with E-state index >= 15 is 0 Å². The molecule has 3 rings (SSSR count). The summed E-state index contributed by atoms with van der Waals surface area (Å²) >= 11 is 0. The molecule has 6 heteroatoms. The number of imidazole rings is 1. The lowest BCUT2D eigenvalue weighted by Crippen LogP contribution is -2.35. The van der Waals surface area contributed by atoms with Gasteiger partial charge in [-0.05, 0) is 38.5 Å². The largest absolute Gasteiger partial charge is 0.349 e. The molecule has 0 atom stereocenters. The van der Waals surface area contributed by atoms with Crippen LogP contribution in [0.25, 0.3) is 0 Å². The van der Waals surface area contributed by atoms with E-state index in [1.807, 2.05) is 11.5 Å². The molecule has 1 fully saturated rings. The van der Waals surface area contributed by atoms with E-state index in [0.29, 0.717) is 18.1 Å². The molecule has 1 aromatic heterocycles. The second-order valence-corrected chi connectivity index (χ2v) is 7.26. The summed E-state index contributed by atoms with van der Waals surface area (Å²) in [4.78, 5) is 29.7. The maximum Gasteiger partial charge on any atom is 0.287 e. The lowest BCUT2D eigenvalue weighted by Gasteiger charge is -2.18. The number of carbonyl (C=O) groups excluding carboxylic acids is 2. The normalized spacial score (nSPS) is 18.3. The van der Waals surface area contributed by atoms with Gasteiger partial charge in [-0.2, -0.15) is 0 Å². The van der Waals surface area contributed by atoms with Gasteiger partial charge in [0.05, 0.1) is 5.69 Å². The van der Waals surface area contributed by atoms with E-state index in [1.165, 1.54) is 25.7 Å². The van der Waals surface area contributed by atoms with Crippen LogP contribution < -0.4 is 10.6 Å². The van der Waals surface area contributed by atoms with Crippen molar-refractivity contribution in [2.45, 2.75) is 83.7 Å². The summed E-state index contributed by atoms with van der Waals surface area (Å²) in [5.41, 5.74) is 1.39. The van der Waals surface area contributed by atoms with Crippen LogP contribution in [0.2, 0.25) is 0 Å². The van der Waals surface area contributed by atoms with Crippen LogP contribution in [-0.2, 0) is 13.0 Å². The Kier molecular flexibility index (Phi) is 6.10. The van der Waals surface area contributed by atoms with Crippen molar-refractivity contribution in [1.82, 2.24) is 20.2 Å². The summed E-state index contributed by atoms with van der Waals surface area (Å²) in [6, 6.07) is 0.244. The number of amides is 2. The summed E-state index contributed by atoms with van der Waals surface area (Å²) in [5.74, 6) is 0.125. The minimum Gasteiger partial charge on any atom is -0.349 e. The van der Waals surface area contributed by atoms with Gasteiger partial charge in [-0.1, -0.05) is 32.6 Å². The van der Waals surface area contributed by atoms with Gasteiger partial charge < -0.3 is 15.2 Å². The van der Waals surface area contributed by atoms with E-state index in [9.17, 15) is 9.59 Å². The minimum absolute atomic E-state index is 0.105. The van der Waals surface area contributed by atoms with E-state index in [0.717, 1.165) is 50.8 Å². The number of fused-ring (bicyclic) bond motifs is 1. The zero-order valence-corrected chi connectivity index (χ0v) is 15.3. The Bertz CT molecular complexity index is 615. The molecule has 0 spiro atoms. The Hall–Kier alpha value is -1.85.